The van der Waals surface area contributed by atoms with Crippen LogP contribution in [0.15, 0.2) is 205 Å². The Hall–Kier alpha value is -7.10. The van der Waals surface area contributed by atoms with Gasteiger partial charge in [-0.3, -0.25) is 0 Å². The van der Waals surface area contributed by atoms with Crippen molar-refractivity contribution in [2.24, 2.45) is 0 Å². The van der Waals surface area contributed by atoms with Gasteiger partial charge in [0.15, 0.2) is 0 Å². The van der Waals surface area contributed by atoms with Crippen molar-refractivity contribution in [1.82, 2.24) is 8.97 Å². The summed E-state index contributed by atoms with van der Waals surface area (Å²) in [5.74, 6) is 0. The summed E-state index contributed by atoms with van der Waals surface area (Å²) in [6.45, 7) is 0. The number of benzene rings is 7. The summed E-state index contributed by atoms with van der Waals surface area (Å²) >= 11 is 0. The molecule has 10 aromatic rings. The van der Waals surface area contributed by atoms with Gasteiger partial charge in [0.2, 0.25) is 0 Å². The first kappa shape index (κ1) is 32.2. The highest BCUT2D eigenvalue weighted by Crippen LogP contribution is 2.43. The van der Waals surface area contributed by atoms with Crippen molar-refractivity contribution in [3.8, 4) is 16.8 Å². The zero-order valence-corrected chi connectivity index (χ0v) is 31.6. The molecule has 3 heteroatoms. The average molecular weight is 730 g/mol. The normalized spacial score (nSPS) is 14.6. The third kappa shape index (κ3) is 4.98. The summed E-state index contributed by atoms with van der Waals surface area (Å²) in [5, 5.41) is 7.76. The molecule has 57 heavy (non-hydrogen) atoms. The first-order valence-corrected chi connectivity index (χ1v) is 20.2. The number of rotatable bonds is 6. The van der Waals surface area contributed by atoms with Crippen molar-refractivity contribution in [3.63, 3.8) is 0 Å². The van der Waals surface area contributed by atoms with Crippen molar-refractivity contribution in [1.29, 1.82) is 0 Å². The lowest BCUT2D eigenvalue weighted by molar-refractivity contribution is 0.851. The lowest BCUT2D eigenvalue weighted by Crippen LogP contribution is -2.18. The summed E-state index contributed by atoms with van der Waals surface area (Å²) < 4.78 is 4.85. The molecule has 0 N–H and O–H groups in total. The van der Waals surface area contributed by atoms with Crippen LogP contribution in [0.5, 0.6) is 0 Å². The topological polar surface area (TPSA) is 12.6 Å². The van der Waals surface area contributed by atoms with Gasteiger partial charge in [-0.15, -0.1) is 0 Å². The molecule has 0 saturated heterocycles. The van der Waals surface area contributed by atoms with Gasteiger partial charge >= 0.3 is 0 Å². The number of hydrogen-bond acceptors (Lipinski definition) is 1. The molecule has 0 bridgehead atoms. The highest BCUT2D eigenvalue weighted by atomic mass is 15.1. The lowest BCUT2D eigenvalue weighted by Gasteiger charge is -2.30. The number of allylic oxidation sites excluding steroid dienone is 8. The molecule has 3 heterocycles. The van der Waals surface area contributed by atoms with Gasteiger partial charge in [-0.1, -0.05) is 115 Å². The second kappa shape index (κ2) is 12.7. The molecule has 3 aromatic heterocycles. The van der Waals surface area contributed by atoms with Crippen LogP contribution < -0.4 is 4.90 Å². The lowest BCUT2D eigenvalue weighted by atomic mass is 9.90. The number of anilines is 2. The van der Waals surface area contributed by atoms with Gasteiger partial charge in [0.05, 0.1) is 27.6 Å². The van der Waals surface area contributed by atoms with E-state index >= 15 is 0 Å². The minimum atomic E-state index is 0.976. The molecule has 0 spiro atoms. The third-order valence-corrected chi connectivity index (χ3v) is 12.5. The molecule has 3 nitrogen and oxygen atoms in total. The first-order valence-electron chi connectivity index (χ1n) is 20.2. The van der Waals surface area contributed by atoms with Crippen LogP contribution in [-0.2, 0) is 0 Å². The van der Waals surface area contributed by atoms with Crippen LogP contribution in [0.2, 0.25) is 0 Å². The van der Waals surface area contributed by atoms with E-state index in [0.29, 0.717) is 0 Å². The Kier molecular flexibility index (Phi) is 7.18. The fraction of sp³-hybridized carbons (Fsp3) is 0.0741. The minimum Gasteiger partial charge on any atom is -0.314 e. The molecule has 0 unspecified atom stereocenters. The van der Waals surface area contributed by atoms with Gasteiger partial charge in [0.1, 0.15) is 0 Å². The maximum absolute atomic E-state index is 2.49. The predicted molar refractivity (Wildman–Crippen MR) is 241 cm³/mol. The SMILES string of the molecule is C1=CCCC(C2=CC=C(N(c3ccc(-c4ccc5c(c4)c4cccc6c7ccccc7n5c64)cc3)c3ccc4c(c3)c3ccccc3n4-c3ccccc3)CC2)=C1. The van der Waals surface area contributed by atoms with Gasteiger partial charge in [0.25, 0.3) is 0 Å². The summed E-state index contributed by atoms with van der Waals surface area (Å²) in [5.41, 5.74) is 16.5. The van der Waals surface area contributed by atoms with Crippen LogP contribution in [0.1, 0.15) is 25.7 Å². The Morgan fingerprint density at radius 2 is 1.05 bits per heavy atom. The number of fused-ring (bicyclic) bond motifs is 9. The molecule has 2 aliphatic rings. The zero-order chi connectivity index (χ0) is 37.5. The summed E-state index contributed by atoms with van der Waals surface area (Å²) in [6, 6.07) is 58.3. The Bertz CT molecular complexity index is 3330. The highest BCUT2D eigenvalue weighted by Gasteiger charge is 2.22. The molecule has 0 aliphatic heterocycles. The standard InChI is InChI=1S/C54H39N3/c1-3-12-36(13-4-1)37-22-27-41(28-23-37)55(43-31-33-52-49(35-43)45-17-8-9-20-50(45)56(52)40-14-5-2-6-15-40)42-29-24-38(25-30-42)39-26-32-53-48(34-39)47-19-11-18-46-44-16-7-10-21-51(44)57(53)54(46)47/h1-3,5-12,14-22,24-27,29-35H,4,13,23,28H2. The molecule has 0 amide bonds. The summed E-state index contributed by atoms with van der Waals surface area (Å²) in [7, 11) is 0. The molecule has 0 radical (unpaired) electrons. The van der Waals surface area contributed by atoms with Crippen LogP contribution in [0.4, 0.5) is 11.4 Å². The Morgan fingerprint density at radius 3 is 1.84 bits per heavy atom. The maximum Gasteiger partial charge on any atom is 0.0620 e. The van der Waals surface area contributed by atoms with E-state index in [9.17, 15) is 0 Å². The largest absolute Gasteiger partial charge is 0.314 e. The molecule has 2 aliphatic carbocycles. The zero-order valence-electron chi connectivity index (χ0n) is 31.6. The monoisotopic (exact) mass is 729 g/mol. The second-order valence-electron chi connectivity index (χ2n) is 15.6. The van der Waals surface area contributed by atoms with Gasteiger partial charge in [-0.05, 0) is 121 Å². The third-order valence-electron chi connectivity index (χ3n) is 12.5. The van der Waals surface area contributed by atoms with E-state index < -0.39 is 0 Å². The predicted octanol–water partition coefficient (Wildman–Crippen LogP) is 14.6. The Morgan fingerprint density at radius 1 is 0.421 bits per heavy atom. The molecule has 7 aromatic carbocycles. The van der Waals surface area contributed by atoms with Crippen molar-refractivity contribution in [3.05, 3.63) is 205 Å². The van der Waals surface area contributed by atoms with Crippen LogP contribution in [0.25, 0.3) is 76.7 Å². The van der Waals surface area contributed by atoms with Gasteiger partial charge in [-0.2, -0.15) is 0 Å². The molecule has 12 rings (SSSR count). The van der Waals surface area contributed by atoms with Gasteiger partial charge in [-0.25, -0.2) is 0 Å². The van der Waals surface area contributed by atoms with E-state index in [1.165, 1.54) is 105 Å². The fourth-order valence-corrected chi connectivity index (χ4v) is 9.80. The summed E-state index contributed by atoms with van der Waals surface area (Å²) in [6.07, 6.45) is 15.8. The van der Waals surface area contributed by atoms with Crippen molar-refractivity contribution >= 4 is 71.3 Å². The molecule has 0 saturated carbocycles. The quantitative estimate of drug-likeness (QED) is 0.166. The highest BCUT2D eigenvalue weighted by molar-refractivity contribution is 6.23. The number of hydrogen-bond donors (Lipinski definition) is 0. The van der Waals surface area contributed by atoms with Crippen molar-refractivity contribution in [2.75, 3.05) is 4.90 Å². The molecule has 0 fully saturated rings. The van der Waals surface area contributed by atoms with Crippen LogP contribution in [-0.4, -0.2) is 8.97 Å². The first-order chi connectivity index (χ1) is 28.3. The summed E-state index contributed by atoms with van der Waals surface area (Å²) in [4.78, 5) is 2.49. The second-order valence-corrected chi connectivity index (χ2v) is 15.6. The fourth-order valence-electron chi connectivity index (χ4n) is 9.80. The van der Waals surface area contributed by atoms with E-state index in [1.54, 1.807) is 0 Å². The number of para-hydroxylation sites is 4. The Balaban J connectivity index is 0.982. The van der Waals surface area contributed by atoms with E-state index in [1.807, 2.05) is 0 Å². The smallest absolute Gasteiger partial charge is 0.0620 e. The van der Waals surface area contributed by atoms with E-state index in [4.69, 9.17) is 0 Å². The Labute approximate surface area is 331 Å². The van der Waals surface area contributed by atoms with Crippen molar-refractivity contribution < 1.29 is 0 Å². The average Bonchev–Trinajstić information content (AvgIpc) is 3.92. The van der Waals surface area contributed by atoms with Crippen molar-refractivity contribution in [2.45, 2.75) is 25.7 Å². The van der Waals surface area contributed by atoms with E-state index in [2.05, 4.69) is 202 Å². The molecular formula is C54H39N3. The molecule has 0 atom stereocenters. The maximum atomic E-state index is 2.49. The van der Waals surface area contributed by atoms with Crippen LogP contribution >= 0.6 is 0 Å². The van der Waals surface area contributed by atoms with E-state index in [-0.39, 0.29) is 0 Å². The van der Waals surface area contributed by atoms with E-state index in [0.717, 1.165) is 25.7 Å². The number of nitrogens with zero attached hydrogens (tertiary/aromatic N) is 3. The van der Waals surface area contributed by atoms with Crippen LogP contribution in [0.3, 0.4) is 0 Å². The number of aromatic nitrogens is 2. The minimum absolute atomic E-state index is 0.976. The van der Waals surface area contributed by atoms with Gasteiger partial charge < -0.3 is 13.9 Å². The van der Waals surface area contributed by atoms with Crippen LogP contribution in [0, 0.1) is 0 Å². The van der Waals surface area contributed by atoms with Gasteiger partial charge in [0, 0.05) is 55.1 Å². The molecule has 270 valence electrons. The molecular weight excluding hydrogens is 691 g/mol.